The van der Waals surface area contributed by atoms with Gasteiger partial charge >= 0.3 is 47.8 Å². The van der Waals surface area contributed by atoms with Gasteiger partial charge in [0.15, 0.2) is 0 Å². The number of carbonyl (C=O) groups is 8. The molecule has 0 aromatic heterocycles. The maximum atomic E-state index is 10.1. The maximum absolute atomic E-state index is 10.1. The summed E-state index contributed by atoms with van der Waals surface area (Å²) in [7, 11) is 0. The molecule has 1 aliphatic heterocycles. The van der Waals surface area contributed by atoms with Crippen molar-refractivity contribution in [3.8, 4) is 0 Å². The van der Waals surface area contributed by atoms with Gasteiger partial charge in [-0.2, -0.15) is 0 Å². The Morgan fingerprint density at radius 1 is 0.660 bits per heavy atom. The van der Waals surface area contributed by atoms with Crippen LogP contribution in [0, 0.1) is 0 Å². The van der Waals surface area contributed by atoms with E-state index >= 15 is 0 Å². The smallest absolute Gasteiger partial charge is 0.323 e. The quantitative estimate of drug-likeness (QED) is 0.0885. The lowest BCUT2D eigenvalue weighted by Crippen LogP contribution is -2.39. The third-order valence-electron chi connectivity index (χ3n) is 4.62. The Balaban J connectivity index is -0.000000114. The van der Waals surface area contributed by atoms with Crippen molar-refractivity contribution < 1.29 is 89.4 Å². The molecule has 0 aromatic rings. The Hall–Kier alpha value is -4.60. The third-order valence-corrected chi connectivity index (χ3v) is 4.62. The molecule has 0 radical (unpaired) electrons. The molecule has 0 saturated carbocycles. The van der Waals surface area contributed by atoms with Gasteiger partial charge in [-0.15, -0.1) is 0 Å². The van der Waals surface area contributed by atoms with E-state index in [-0.39, 0.29) is 25.4 Å². The van der Waals surface area contributed by atoms with Gasteiger partial charge in [0.25, 0.3) is 0 Å². The van der Waals surface area contributed by atoms with Gasteiger partial charge in [-0.05, 0) is 46.6 Å². The van der Waals surface area contributed by atoms with E-state index in [0.717, 1.165) is 19.4 Å². The van der Waals surface area contributed by atoms with Gasteiger partial charge in [0.2, 0.25) is 0 Å². The second kappa shape index (κ2) is 35.7. The SMILES string of the molecule is CC(N)C(=O)O.CC(N)C(=O)O.CC(O)C(N)C(=O)O.NC(CCC(=O)O)C(=O)O.NC(CO)C(=O)O.NCC(=O)O.O=C(O)[C@@H]1CCCN1. The second-order valence-electron chi connectivity index (χ2n) is 9.45. The van der Waals surface area contributed by atoms with E-state index in [1.165, 1.54) is 20.8 Å². The highest BCUT2D eigenvalue weighted by molar-refractivity contribution is 5.75. The van der Waals surface area contributed by atoms with Crippen LogP contribution < -0.4 is 39.7 Å². The van der Waals surface area contributed by atoms with Crippen LogP contribution in [-0.4, -0.2) is 161 Å². The van der Waals surface area contributed by atoms with Crippen LogP contribution in [-0.2, 0) is 38.4 Å². The van der Waals surface area contributed by atoms with Crippen molar-refractivity contribution in [2.75, 3.05) is 19.7 Å². The highest BCUT2D eigenvalue weighted by atomic mass is 16.4. The first kappa shape index (κ1) is 57.7. The Bertz CT molecular complexity index is 962. The molecule has 0 amide bonds. The summed E-state index contributed by atoms with van der Waals surface area (Å²) in [6.07, 6.45) is 0.581. The van der Waals surface area contributed by atoms with Crippen molar-refractivity contribution in [1.82, 2.24) is 5.32 Å². The molecular weight excluding hydrogens is 686 g/mol. The van der Waals surface area contributed by atoms with E-state index in [1.54, 1.807) is 0 Å². The Labute approximate surface area is 285 Å². The average Bonchev–Trinajstić information content (AvgIpc) is 3.56. The van der Waals surface area contributed by atoms with Crippen LogP contribution >= 0.6 is 0 Å². The van der Waals surface area contributed by atoms with Crippen molar-refractivity contribution >= 4 is 47.8 Å². The molecule has 1 fully saturated rings. The maximum Gasteiger partial charge on any atom is 0.323 e. The molecule has 0 spiro atoms. The number of carboxylic acids is 8. The number of hydrogen-bond donors (Lipinski definition) is 17. The fraction of sp³-hybridized carbons (Fsp3) is 0.680. The van der Waals surface area contributed by atoms with E-state index in [4.69, 9.17) is 79.7 Å². The van der Waals surface area contributed by atoms with Gasteiger partial charge in [0.1, 0.15) is 36.3 Å². The summed E-state index contributed by atoms with van der Waals surface area (Å²) in [5.41, 5.74) is 28.9. The fourth-order valence-electron chi connectivity index (χ4n) is 1.58. The van der Waals surface area contributed by atoms with Crippen LogP contribution in [0.25, 0.3) is 0 Å². The number of rotatable bonds is 12. The minimum absolute atomic E-state index is 0.0231. The summed E-state index contributed by atoms with van der Waals surface area (Å²) in [5.74, 6) is -8.17. The molecule has 0 aromatic carbocycles. The number of aliphatic hydroxyl groups excluding tert-OH is 2. The van der Waals surface area contributed by atoms with Crippen LogP contribution in [0.2, 0.25) is 0 Å². The van der Waals surface area contributed by atoms with Gasteiger partial charge in [-0.25, -0.2) is 0 Å². The molecule has 296 valence electrons. The lowest BCUT2D eigenvalue weighted by atomic mass is 10.2. The highest BCUT2D eigenvalue weighted by Gasteiger charge is 2.20. The van der Waals surface area contributed by atoms with Crippen molar-refractivity contribution in [3.63, 3.8) is 0 Å². The lowest BCUT2D eigenvalue weighted by Gasteiger charge is -2.06. The monoisotopic (exact) mass is 739 g/mol. The number of aliphatic carboxylic acids is 8. The zero-order chi connectivity index (χ0) is 41.3. The zero-order valence-corrected chi connectivity index (χ0v) is 27.7. The van der Waals surface area contributed by atoms with Crippen molar-refractivity contribution in [1.29, 1.82) is 0 Å². The summed E-state index contributed by atoms with van der Waals surface area (Å²) in [6, 6.07) is -5.07. The molecule has 23 N–H and O–H groups in total. The normalized spacial score (nSPS) is 15.7. The predicted octanol–water partition coefficient (Wildman–Crippen LogP) is -5.88. The van der Waals surface area contributed by atoms with Gasteiger partial charge in [-0.1, -0.05) is 0 Å². The molecule has 6 unspecified atom stereocenters. The topological polar surface area (TPSA) is 507 Å². The largest absolute Gasteiger partial charge is 0.481 e. The van der Waals surface area contributed by atoms with Crippen molar-refractivity contribution in [2.45, 2.75) is 88.8 Å². The average molecular weight is 740 g/mol. The molecule has 1 saturated heterocycles. The van der Waals surface area contributed by atoms with E-state index in [0.29, 0.717) is 0 Å². The number of hydrogen-bond acceptors (Lipinski definition) is 17. The molecule has 1 heterocycles. The first-order valence-corrected chi connectivity index (χ1v) is 13.9. The van der Waals surface area contributed by atoms with Gasteiger partial charge in [0, 0.05) is 6.42 Å². The summed E-state index contributed by atoms with van der Waals surface area (Å²) in [5, 5.41) is 83.3. The molecule has 0 bridgehead atoms. The lowest BCUT2D eigenvalue weighted by molar-refractivity contribution is -0.141. The molecule has 7 atom stereocenters. The van der Waals surface area contributed by atoms with E-state index < -0.39 is 90.7 Å². The van der Waals surface area contributed by atoms with E-state index in [2.05, 4.69) is 11.1 Å². The number of carboxylic acid groups (broad SMARTS) is 8. The molecule has 1 aliphatic rings. The summed E-state index contributed by atoms with van der Waals surface area (Å²) in [6.45, 7) is 4.25. The highest BCUT2D eigenvalue weighted by Crippen LogP contribution is 2.03. The van der Waals surface area contributed by atoms with Crippen molar-refractivity contribution in [2.24, 2.45) is 34.4 Å². The zero-order valence-electron chi connectivity index (χ0n) is 27.7. The number of nitrogens with two attached hydrogens (primary N) is 6. The molecule has 0 aliphatic carbocycles. The standard InChI is InChI=1S/C5H9NO4.C5H9NO2.C4H9NO3.C3H7NO3.2C3H7NO2.C2H5NO2/c6-3(5(9)10)1-2-4(7)8;7-5(8)4-2-1-3-6-4;1-2(6)3(5)4(7)8;4-2(1-5)3(6)7;2*1-2(4)3(5)6;3-1-2(4)5/h3H,1-2,6H2,(H,7,8)(H,9,10);4,6H,1-3H2,(H,7,8);2-3,6H,5H2,1H3,(H,7,8);2,5H,1,4H2,(H,6,7);2*2H,4H2,1H3,(H,5,6);1,3H2,(H,4,5)/t;4-;;;;;/m.0...../s1. The second-order valence-corrected chi connectivity index (χ2v) is 9.45. The first-order valence-electron chi connectivity index (χ1n) is 13.9. The van der Waals surface area contributed by atoms with Crippen LogP contribution in [0.4, 0.5) is 0 Å². The molecule has 25 heteroatoms. The number of aliphatic hydroxyl groups is 2. The van der Waals surface area contributed by atoms with Crippen LogP contribution in [0.15, 0.2) is 0 Å². The minimum atomic E-state index is -1.18. The van der Waals surface area contributed by atoms with E-state index in [1.807, 2.05) is 0 Å². The molecule has 25 nitrogen and oxygen atoms in total. The molecule has 50 heavy (non-hydrogen) atoms. The van der Waals surface area contributed by atoms with Crippen LogP contribution in [0.5, 0.6) is 0 Å². The fourth-order valence-corrected chi connectivity index (χ4v) is 1.58. The predicted molar refractivity (Wildman–Crippen MR) is 170 cm³/mol. The minimum Gasteiger partial charge on any atom is -0.481 e. The van der Waals surface area contributed by atoms with Crippen molar-refractivity contribution in [3.05, 3.63) is 0 Å². The van der Waals surface area contributed by atoms with Crippen LogP contribution in [0.3, 0.4) is 0 Å². The first-order chi connectivity index (χ1) is 22.6. The summed E-state index contributed by atoms with van der Waals surface area (Å²) < 4.78 is 0. The summed E-state index contributed by atoms with van der Waals surface area (Å²) >= 11 is 0. The van der Waals surface area contributed by atoms with E-state index in [9.17, 15) is 38.4 Å². The Kier molecular flexibility index (Phi) is 41.2. The molecule has 1 rings (SSSR count). The number of nitrogens with one attached hydrogen (secondary N) is 1. The summed E-state index contributed by atoms with van der Waals surface area (Å²) in [4.78, 5) is 77.9. The Morgan fingerprint density at radius 3 is 1.12 bits per heavy atom. The van der Waals surface area contributed by atoms with Crippen LogP contribution in [0.1, 0.15) is 46.5 Å². The Morgan fingerprint density at radius 2 is 1.02 bits per heavy atom. The van der Waals surface area contributed by atoms with Gasteiger partial charge in [-0.3, -0.25) is 38.4 Å². The molecular formula is C25H53N7O18. The third kappa shape index (κ3) is 50.3. The van der Waals surface area contributed by atoms with Gasteiger partial charge in [0.05, 0.1) is 19.3 Å². The van der Waals surface area contributed by atoms with Gasteiger partial charge < -0.3 is 90.8 Å².